The van der Waals surface area contributed by atoms with Crippen molar-refractivity contribution in [3.63, 3.8) is 0 Å². The molecule has 0 N–H and O–H groups in total. The summed E-state index contributed by atoms with van der Waals surface area (Å²) >= 11 is 1.30. The van der Waals surface area contributed by atoms with Crippen molar-refractivity contribution in [3.8, 4) is 0 Å². The van der Waals surface area contributed by atoms with Gasteiger partial charge in [-0.25, -0.2) is 8.78 Å². The third kappa shape index (κ3) is 2.09. The Bertz CT molecular complexity index is 330. The van der Waals surface area contributed by atoms with Crippen molar-refractivity contribution in [2.45, 2.75) is 6.18 Å². The van der Waals surface area contributed by atoms with Crippen LogP contribution in [0.15, 0.2) is 12.1 Å². The molecule has 0 heterocycles. The molecule has 0 bridgehead atoms. The predicted octanol–water partition coefficient (Wildman–Crippen LogP) is 3.59. The van der Waals surface area contributed by atoms with Crippen LogP contribution in [-0.2, 0) is 6.18 Å². The number of benzene rings is 1. The summed E-state index contributed by atoms with van der Waals surface area (Å²) in [6, 6.07) is 1.54. The first-order valence-electron chi connectivity index (χ1n) is 3.04. The van der Waals surface area contributed by atoms with Gasteiger partial charge < -0.3 is 0 Å². The molecule has 0 radical (unpaired) electrons. The molecule has 0 aliphatic rings. The third-order valence-corrected chi connectivity index (χ3v) is 2.23. The van der Waals surface area contributed by atoms with Gasteiger partial charge in [0, 0.05) is 3.57 Å². The van der Waals surface area contributed by atoms with E-state index in [4.69, 9.17) is 0 Å². The van der Waals surface area contributed by atoms with E-state index < -0.39 is 23.4 Å². The standard InChI is InChI=1S/C7H2F5I/c8-3-1-2-4(13)5(6(3)9)7(10,11)12/h1-2H. The van der Waals surface area contributed by atoms with E-state index in [0.29, 0.717) is 6.07 Å². The predicted molar refractivity (Wildman–Crippen MR) is 44.1 cm³/mol. The van der Waals surface area contributed by atoms with Crippen molar-refractivity contribution in [1.29, 1.82) is 0 Å². The zero-order chi connectivity index (χ0) is 10.2. The van der Waals surface area contributed by atoms with E-state index in [1.165, 1.54) is 22.6 Å². The summed E-state index contributed by atoms with van der Waals surface area (Å²) in [4.78, 5) is 0. The number of hydrogen-bond donors (Lipinski definition) is 0. The van der Waals surface area contributed by atoms with E-state index in [0.717, 1.165) is 6.07 Å². The quantitative estimate of drug-likeness (QED) is 0.390. The van der Waals surface area contributed by atoms with Gasteiger partial charge in [0.05, 0.1) is 0 Å². The molecule has 13 heavy (non-hydrogen) atoms. The molecule has 0 spiro atoms. The monoisotopic (exact) mass is 308 g/mol. The van der Waals surface area contributed by atoms with E-state index in [2.05, 4.69) is 0 Å². The van der Waals surface area contributed by atoms with Crippen molar-refractivity contribution in [3.05, 3.63) is 32.9 Å². The minimum absolute atomic E-state index is 0.357. The topological polar surface area (TPSA) is 0 Å². The maximum Gasteiger partial charge on any atom is 0.420 e. The lowest BCUT2D eigenvalue weighted by atomic mass is 10.2. The van der Waals surface area contributed by atoms with E-state index in [1.807, 2.05) is 0 Å². The maximum atomic E-state index is 12.7. The van der Waals surface area contributed by atoms with Crippen LogP contribution in [0.5, 0.6) is 0 Å². The van der Waals surface area contributed by atoms with Gasteiger partial charge in [-0.05, 0) is 34.7 Å². The fourth-order valence-corrected chi connectivity index (χ4v) is 1.51. The van der Waals surface area contributed by atoms with Crippen LogP contribution >= 0.6 is 22.6 Å². The molecule has 0 saturated heterocycles. The molecule has 0 aromatic heterocycles. The van der Waals surface area contributed by atoms with Crippen molar-refractivity contribution in [1.82, 2.24) is 0 Å². The number of halogens is 6. The highest BCUT2D eigenvalue weighted by Crippen LogP contribution is 2.35. The zero-order valence-electron chi connectivity index (χ0n) is 5.92. The smallest absolute Gasteiger partial charge is 0.204 e. The molecular formula is C7H2F5I. The van der Waals surface area contributed by atoms with Gasteiger partial charge in [-0.2, -0.15) is 13.2 Å². The van der Waals surface area contributed by atoms with Gasteiger partial charge in [0.25, 0.3) is 0 Å². The first-order chi connectivity index (χ1) is 5.84. The van der Waals surface area contributed by atoms with Crippen LogP contribution < -0.4 is 0 Å². The molecule has 72 valence electrons. The summed E-state index contributed by atoms with van der Waals surface area (Å²) in [6.45, 7) is 0. The van der Waals surface area contributed by atoms with Crippen molar-refractivity contribution >= 4 is 22.6 Å². The molecule has 0 saturated carbocycles. The van der Waals surface area contributed by atoms with Crippen LogP contribution in [-0.4, -0.2) is 0 Å². The molecule has 0 aliphatic heterocycles. The van der Waals surface area contributed by atoms with Gasteiger partial charge in [-0.1, -0.05) is 0 Å². The summed E-state index contributed by atoms with van der Waals surface area (Å²) in [5.41, 5.74) is -1.55. The molecule has 1 aromatic rings. The Kier molecular flexibility index (Phi) is 2.79. The molecular weight excluding hydrogens is 306 g/mol. The lowest BCUT2D eigenvalue weighted by molar-refractivity contribution is -0.141. The van der Waals surface area contributed by atoms with Gasteiger partial charge >= 0.3 is 6.18 Å². The first kappa shape index (κ1) is 10.7. The Morgan fingerprint density at radius 1 is 1.08 bits per heavy atom. The average molecular weight is 308 g/mol. The van der Waals surface area contributed by atoms with Crippen LogP contribution in [0, 0.1) is 15.2 Å². The molecule has 0 unspecified atom stereocenters. The second-order valence-corrected chi connectivity index (χ2v) is 3.38. The van der Waals surface area contributed by atoms with Crippen molar-refractivity contribution in [2.75, 3.05) is 0 Å². The Morgan fingerprint density at radius 2 is 1.62 bits per heavy atom. The largest absolute Gasteiger partial charge is 0.420 e. The van der Waals surface area contributed by atoms with Crippen molar-refractivity contribution in [2.24, 2.45) is 0 Å². The highest BCUT2D eigenvalue weighted by atomic mass is 127. The second kappa shape index (κ2) is 3.39. The van der Waals surface area contributed by atoms with Gasteiger partial charge in [0.1, 0.15) is 5.56 Å². The molecule has 0 fully saturated rings. The summed E-state index contributed by atoms with van der Waals surface area (Å²) in [5, 5.41) is 0. The van der Waals surface area contributed by atoms with Crippen LogP contribution in [0.1, 0.15) is 5.56 Å². The van der Waals surface area contributed by atoms with Crippen LogP contribution in [0.25, 0.3) is 0 Å². The first-order valence-corrected chi connectivity index (χ1v) is 4.12. The molecule has 0 amide bonds. The Labute approximate surface area is 83.9 Å². The average Bonchev–Trinajstić information content (AvgIpc) is 1.95. The molecule has 1 aromatic carbocycles. The van der Waals surface area contributed by atoms with E-state index in [9.17, 15) is 22.0 Å². The molecule has 0 nitrogen and oxygen atoms in total. The van der Waals surface area contributed by atoms with Crippen LogP contribution in [0.3, 0.4) is 0 Å². The highest BCUT2D eigenvalue weighted by Gasteiger charge is 2.37. The lowest BCUT2D eigenvalue weighted by Gasteiger charge is -2.09. The van der Waals surface area contributed by atoms with E-state index in [-0.39, 0.29) is 3.57 Å². The minimum Gasteiger partial charge on any atom is -0.204 e. The van der Waals surface area contributed by atoms with E-state index in [1.54, 1.807) is 0 Å². The van der Waals surface area contributed by atoms with Crippen molar-refractivity contribution < 1.29 is 22.0 Å². The fourth-order valence-electron chi connectivity index (χ4n) is 0.787. The fraction of sp³-hybridized carbons (Fsp3) is 0.143. The molecule has 6 heteroatoms. The third-order valence-electron chi connectivity index (χ3n) is 1.33. The molecule has 0 atom stereocenters. The molecule has 1 rings (SSSR count). The summed E-state index contributed by atoms with van der Waals surface area (Å²) in [7, 11) is 0. The van der Waals surface area contributed by atoms with Crippen LogP contribution in [0.4, 0.5) is 22.0 Å². The summed E-state index contributed by atoms with van der Waals surface area (Å²) in [5.74, 6) is -3.34. The maximum absolute atomic E-state index is 12.7. The normalized spacial score (nSPS) is 11.8. The minimum atomic E-state index is -4.86. The lowest BCUT2D eigenvalue weighted by Crippen LogP contribution is -2.11. The van der Waals surface area contributed by atoms with Gasteiger partial charge in [0.2, 0.25) is 0 Å². The Morgan fingerprint density at radius 3 is 2.00 bits per heavy atom. The number of rotatable bonds is 0. The summed E-state index contributed by atoms with van der Waals surface area (Å²) < 4.78 is 60.9. The van der Waals surface area contributed by atoms with Gasteiger partial charge in [0.15, 0.2) is 11.6 Å². The molecule has 0 aliphatic carbocycles. The van der Waals surface area contributed by atoms with E-state index >= 15 is 0 Å². The Hall–Kier alpha value is -0.400. The van der Waals surface area contributed by atoms with Crippen LogP contribution in [0.2, 0.25) is 0 Å². The zero-order valence-corrected chi connectivity index (χ0v) is 8.08. The second-order valence-electron chi connectivity index (χ2n) is 2.22. The van der Waals surface area contributed by atoms with Gasteiger partial charge in [-0.3, -0.25) is 0 Å². The SMILES string of the molecule is Fc1ccc(I)c(C(F)(F)F)c1F. The summed E-state index contributed by atoms with van der Waals surface area (Å²) in [6.07, 6.45) is -4.86. The number of alkyl halides is 3. The highest BCUT2D eigenvalue weighted by molar-refractivity contribution is 14.1. The number of hydrogen-bond acceptors (Lipinski definition) is 0. The van der Waals surface area contributed by atoms with Gasteiger partial charge in [-0.15, -0.1) is 0 Å². The Balaban J connectivity index is 3.43.